The minimum Gasteiger partial charge on any atom is -0.323 e. The van der Waals surface area contributed by atoms with Crippen LogP contribution in [0.15, 0.2) is 47.4 Å². The van der Waals surface area contributed by atoms with Crippen LogP contribution in [0.5, 0.6) is 0 Å². The molecule has 0 radical (unpaired) electrons. The van der Waals surface area contributed by atoms with Gasteiger partial charge in [0.2, 0.25) is 0 Å². The van der Waals surface area contributed by atoms with E-state index in [1.54, 1.807) is 36.4 Å². The Hall–Kier alpha value is -1.03. The molecule has 0 spiro atoms. The number of nitrogens with one attached hydrogen (secondary N) is 2. The predicted molar refractivity (Wildman–Crippen MR) is 89.2 cm³/mol. The maximum atomic E-state index is 12.4. The third-order valence-electron chi connectivity index (χ3n) is 2.51. The van der Waals surface area contributed by atoms with Gasteiger partial charge in [0.25, 0.3) is 10.0 Å². The molecule has 2 aromatic rings. The Morgan fingerprint density at radius 1 is 1.10 bits per heavy atom. The van der Waals surface area contributed by atoms with Crippen molar-refractivity contribution >= 4 is 55.6 Å². The fourth-order valence-corrected chi connectivity index (χ4v) is 4.03. The van der Waals surface area contributed by atoms with E-state index >= 15 is 0 Å². The van der Waals surface area contributed by atoms with Gasteiger partial charge < -0.3 is 5.43 Å². The maximum Gasteiger partial charge on any atom is 0.264 e. The van der Waals surface area contributed by atoms with Crippen molar-refractivity contribution in [2.75, 3.05) is 10.1 Å². The Kier molecular flexibility index (Phi) is 4.74. The monoisotopic (exact) mass is 423 g/mol. The minimum atomic E-state index is -3.73. The molecule has 106 valence electrons. The van der Waals surface area contributed by atoms with E-state index in [0.717, 1.165) is 0 Å². The molecule has 2 rings (SSSR count). The molecule has 0 aliphatic heterocycles. The maximum absolute atomic E-state index is 12.4. The molecule has 0 fully saturated rings. The fraction of sp³-hybridized carbons (Fsp3) is 0. The van der Waals surface area contributed by atoms with E-state index in [1.165, 1.54) is 6.07 Å². The summed E-state index contributed by atoms with van der Waals surface area (Å²) in [5, 5.41) is 0.543. The fourth-order valence-electron chi connectivity index (χ4n) is 1.59. The molecule has 20 heavy (non-hydrogen) atoms. The van der Waals surface area contributed by atoms with Gasteiger partial charge in [0.05, 0.1) is 11.4 Å². The molecule has 5 nitrogen and oxygen atoms in total. The molecule has 0 aliphatic rings. The highest BCUT2D eigenvalue weighted by Crippen LogP contribution is 2.27. The van der Waals surface area contributed by atoms with E-state index in [2.05, 4.69) is 10.1 Å². The van der Waals surface area contributed by atoms with Crippen molar-refractivity contribution in [2.24, 2.45) is 5.84 Å². The predicted octanol–water partition coefficient (Wildman–Crippen LogP) is 3.03. The van der Waals surface area contributed by atoms with Crippen molar-refractivity contribution in [3.05, 3.63) is 51.1 Å². The molecule has 0 aromatic heterocycles. The SMILES string of the molecule is NNc1ccccc1S(=O)(=O)Nc1ccc(Cl)cc1I. The molecule has 0 amide bonds. The summed E-state index contributed by atoms with van der Waals surface area (Å²) in [7, 11) is -3.73. The Labute approximate surface area is 135 Å². The van der Waals surface area contributed by atoms with Gasteiger partial charge in [0.1, 0.15) is 4.90 Å². The van der Waals surface area contributed by atoms with Gasteiger partial charge in [-0.05, 0) is 52.9 Å². The summed E-state index contributed by atoms with van der Waals surface area (Å²) >= 11 is 7.86. The summed E-state index contributed by atoms with van der Waals surface area (Å²) < 4.78 is 28.0. The normalized spacial score (nSPS) is 11.2. The van der Waals surface area contributed by atoms with Gasteiger partial charge in [-0.2, -0.15) is 0 Å². The smallest absolute Gasteiger partial charge is 0.264 e. The number of hydrogen-bond acceptors (Lipinski definition) is 4. The van der Waals surface area contributed by atoms with Gasteiger partial charge in [-0.1, -0.05) is 23.7 Å². The lowest BCUT2D eigenvalue weighted by Crippen LogP contribution is -2.17. The second-order valence-electron chi connectivity index (χ2n) is 3.87. The second-order valence-corrected chi connectivity index (χ2v) is 7.12. The van der Waals surface area contributed by atoms with Crippen LogP contribution in [0.2, 0.25) is 5.02 Å². The van der Waals surface area contributed by atoms with Gasteiger partial charge in [0, 0.05) is 8.59 Å². The average Bonchev–Trinajstić information content (AvgIpc) is 2.42. The lowest BCUT2D eigenvalue weighted by atomic mass is 10.3. The lowest BCUT2D eigenvalue weighted by Gasteiger charge is -2.13. The van der Waals surface area contributed by atoms with E-state index in [4.69, 9.17) is 17.4 Å². The Morgan fingerprint density at radius 3 is 2.45 bits per heavy atom. The Morgan fingerprint density at radius 2 is 1.80 bits per heavy atom. The van der Waals surface area contributed by atoms with Gasteiger partial charge in [-0.15, -0.1) is 0 Å². The number of hydrogen-bond donors (Lipinski definition) is 3. The number of halogens is 2. The first-order chi connectivity index (χ1) is 9.44. The third kappa shape index (κ3) is 3.35. The Bertz CT molecular complexity index is 737. The molecule has 0 saturated heterocycles. The zero-order chi connectivity index (χ0) is 14.8. The number of hydrazine groups is 1. The van der Waals surface area contributed by atoms with Crippen LogP contribution in [0, 0.1) is 3.57 Å². The number of benzene rings is 2. The summed E-state index contributed by atoms with van der Waals surface area (Å²) in [5.41, 5.74) is 3.15. The number of sulfonamides is 1. The summed E-state index contributed by atoms with van der Waals surface area (Å²) in [6, 6.07) is 11.3. The van der Waals surface area contributed by atoms with Crippen molar-refractivity contribution in [1.29, 1.82) is 0 Å². The van der Waals surface area contributed by atoms with E-state index in [1.807, 2.05) is 22.6 Å². The highest BCUT2D eigenvalue weighted by molar-refractivity contribution is 14.1. The molecular weight excluding hydrogens is 413 g/mol. The van der Waals surface area contributed by atoms with Crippen LogP contribution in [0.3, 0.4) is 0 Å². The van der Waals surface area contributed by atoms with Crippen LogP contribution in [0.25, 0.3) is 0 Å². The van der Waals surface area contributed by atoms with Crippen molar-refractivity contribution in [1.82, 2.24) is 0 Å². The zero-order valence-electron chi connectivity index (χ0n) is 10.1. The van der Waals surface area contributed by atoms with Crippen LogP contribution in [0.1, 0.15) is 0 Å². The lowest BCUT2D eigenvalue weighted by molar-refractivity contribution is 0.601. The largest absolute Gasteiger partial charge is 0.323 e. The van der Waals surface area contributed by atoms with Crippen molar-refractivity contribution in [2.45, 2.75) is 4.90 Å². The quantitative estimate of drug-likeness (QED) is 0.401. The van der Waals surface area contributed by atoms with Crippen molar-refractivity contribution < 1.29 is 8.42 Å². The highest BCUT2D eigenvalue weighted by atomic mass is 127. The first kappa shape index (κ1) is 15.4. The van der Waals surface area contributed by atoms with E-state index in [-0.39, 0.29) is 4.90 Å². The van der Waals surface area contributed by atoms with E-state index < -0.39 is 10.0 Å². The molecule has 0 bridgehead atoms. The van der Waals surface area contributed by atoms with Crippen LogP contribution >= 0.6 is 34.2 Å². The number of anilines is 2. The number of nitrogens with two attached hydrogens (primary N) is 1. The number of para-hydroxylation sites is 1. The molecule has 0 aliphatic carbocycles. The van der Waals surface area contributed by atoms with Crippen molar-refractivity contribution in [3.63, 3.8) is 0 Å². The Balaban J connectivity index is 2.41. The van der Waals surface area contributed by atoms with Crippen LogP contribution in [-0.2, 0) is 10.0 Å². The van der Waals surface area contributed by atoms with Crippen LogP contribution in [0.4, 0.5) is 11.4 Å². The van der Waals surface area contributed by atoms with Gasteiger partial charge in [-0.25, -0.2) is 8.42 Å². The number of nitrogen functional groups attached to an aromatic ring is 1. The standard InChI is InChI=1S/C12H11ClIN3O2S/c13-8-5-6-10(9(14)7-8)17-20(18,19)12-4-2-1-3-11(12)16-15/h1-7,16-17H,15H2. The molecule has 0 atom stereocenters. The zero-order valence-corrected chi connectivity index (χ0v) is 13.8. The summed E-state index contributed by atoms with van der Waals surface area (Å²) in [4.78, 5) is 0.0771. The second kappa shape index (κ2) is 6.17. The topological polar surface area (TPSA) is 84.2 Å². The molecule has 0 unspecified atom stereocenters. The first-order valence-electron chi connectivity index (χ1n) is 5.47. The van der Waals surface area contributed by atoms with Crippen LogP contribution in [-0.4, -0.2) is 8.42 Å². The number of rotatable bonds is 4. The minimum absolute atomic E-state index is 0.0771. The average molecular weight is 424 g/mol. The van der Waals surface area contributed by atoms with Crippen molar-refractivity contribution in [3.8, 4) is 0 Å². The molecular formula is C12H11ClIN3O2S. The van der Waals surface area contributed by atoms with E-state index in [0.29, 0.717) is 20.0 Å². The summed E-state index contributed by atoms with van der Waals surface area (Å²) in [5.74, 6) is 5.33. The third-order valence-corrected chi connectivity index (χ3v) is 5.06. The summed E-state index contributed by atoms with van der Waals surface area (Å²) in [6.45, 7) is 0. The molecule has 0 saturated carbocycles. The molecule has 8 heteroatoms. The molecule has 2 aromatic carbocycles. The molecule has 4 N–H and O–H groups in total. The molecule has 0 heterocycles. The highest BCUT2D eigenvalue weighted by Gasteiger charge is 2.19. The van der Waals surface area contributed by atoms with E-state index in [9.17, 15) is 8.42 Å². The van der Waals surface area contributed by atoms with Crippen LogP contribution < -0.4 is 16.0 Å². The van der Waals surface area contributed by atoms with Gasteiger partial charge >= 0.3 is 0 Å². The van der Waals surface area contributed by atoms with Gasteiger partial charge in [-0.3, -0.25) is 10.6 Å². The first-order valence-corrected chi connectivity index (χ1v) is 8.41. The van der Waals surface area contributed by atoms with Gasteiger partial charge in [0.15, 0.2) is 0 Å². The summed E-state index contributed by atoms with van der Waals surface area (Å²) in [6.07, 6.45) is 0.